The second-order valence-electron chi connectivity index (χ2n) is 9.92. The van der Waals surface area contributed by atoms with Gasteiger partial charge >= 0.3 is 0 Å². The van der Waals surface area contributed by atoms with Gasteiger partial charge in [0.25, 0.3) is 0 Å². The number of benzene rings is 2. The molecule has 1 unspecified atom stereocenters. The zero-order valence-electron chi connectivity index (χ0n) is 20.1. The van der Waals surface area contributed by atoms with Crippen LogP contribution in [-0.4, -0.2) is 32.8 Å². The van der Waals surface area contributed by atoms with Gasteiger partial charge in [0, 0.05) is 28.7 Å². The molecule has 1 aliphatic carbocycles. The molecule has 1 N–H and O–H groups in total. The monoisotopic (exact) mass is 543 g/mol. The smallest absolute Gasteiger partial charge is 0.227 e. The molecule has 6 nitrogen and oxygen atoms in total. The predicted octanol–water partition coefficient (Wildman–Crippen LogP) is 6.46. The summed E-state index contributed by atoms with van der Waals surface area (Å²) in [6.07, 6.45) is 5.01. The minimum absolute atomic E-state index is 0.0313. The Morgan fingerprint density at radius 1 is 1.20 bits per heavy atom. The SMILES string of the molecule is CCOc1ccc(N2C(=O)CCCC2c2nc3cc(Br)ccc3n2C2CCC(C)(O)CC2)cc1F. The topological polar surface area (TPSA) is 67.6 Å². The largest absolute Gasteiger partial charge is 0.491 e. The highest BCUT2D eigenvalue weighted by Crippen LogP contribution is 2.42. The van der Waals surface area contributed by atoms with Gasteiger partial charge < -0.3 is 19.3 Å². The highest BCUT2D eigenvalue weighted by molar-refractivity contribution is 9.10. The summed E-state index contributed by atoms with van der Waals surface area (Å²) in [4.78, 5) is 20.0. The van der Waals surface area contributed by atoms with E-state index in [-0.39, 0.29) is 23.7 Å². The third-order valence-corrected chi connectivity index (χ3v) is 7.81. The number of carbonyl (C=O) groups excluding carboxylic acids is 1. The standard InChI is InChI=1S/C27H31BrFN3O3/c1-3-35-24-10-8-19(16-20(24)29)31-23(5-4-6-25(31)33)26-30-21-15-17(28)7-9-22(21)32(26)18-11-13-27(2,34)14-12-18/h7-10,15-16,18,23,34H,3-6,11-14H2,1-2H3. The molecule has 1 aromatic heterocycles. The zero-order chi connectivity index (χ0) is 24.7. The van der Waals surface area contributed by atoms with Crippen LogP contribution in [0.2, 0.25) is 0 Å². The Kier molecular flexibility index (Phi) is 6.61. The van der Waals surface area contributed by atoms with E-state index in [1.54, 1.807) is 17.0 Å². The number of aromatic nitrogens is 2. The average molecular weight is 544 g/mol. The van der Waals surface area contributed by atoms with Crippen LogP contribution >= 0.6 is 15.9 Å². The van der Waals surface area contributed by atoms with Gasteiger partial charge in [-0.2, -0.15) is 0 Å². The van der Waals surface area contributed by atoms with Crippen molar-refractivity contribution in [2.45, 2.75) is 76.5 Å². The van der Waals surface area contributed by atoms with Crippen molar-refractivity contribution in [3.05, 3.63) is 52.5 Å². The van der Waals surface area contributed by atoms with E-state index in [1.807, 2.05) is 26.0 Å². The number of halogens is 2. The van der Waals surface area contributed by atoms with Gasteiger partial charge in [-0.1, -0.05) is 15.9 Å². The molecule has 1 atom stereocenters. The molecule has 1 amide bonds. The van der Waals surface area contributed by atoms with Gasteiger partial charge in [0.2, 0.25) is 5.91 Å². The molecule has 1 aliphatic heterocycles. The Balaban J connectivity index is 1.61. The summed E-state index contributed by atoms with van der Waals surface area (Å²) in [5, 5.41) is 10.5. The lowest BCUT2D eigenvalue weighted by Crippen LogP contribution is -2.40. The summed E-state index contributed by atoms with van der Waals surface area (Å²) >= 11 is 3.56. The number of ether oxygens (including phenoxy) is 1. The number of aliphatic hydroxyl groups is 1. The Morgan fingerprint density at radius 3 is 2.69 bits per heavy atom. The van der Waals surface area contributed by atoms with Crippen LogP contribution in [0.25, 0.3) is 11.0 Å². The first-order chi connectivity index (χ1) is 16.8. The molecule has 2 aliphatic rings. The van der Waals surface area contributed by atoms with Gasteiger partial charge in [-0.05, 0) is 82.7 Å². The third kappa shape index (κ3) is 4.70. The first-order valence-corrected chi connectivity index (χ1v) is 13.2. The lowest BCUT2D eigenvalue weighted by atomic mass is 9.83. The van der Waals surface area contributed by atoms with E-state index >= 15 is 0 Å². The predicted molar refractivity (Wildman–Crippen MR) is 137 cm³/mol. The minimum Gasteiger partial charge on any atom is -0.491 e. The Morgan fingerprint density at radius 2 is 1.97 bits per heavy atom. The quantitative estimate of drug-likeness (QED) is 0.400. The maximum atomic E-state index is 14.8. The fourth-order valence-electron chi connectivity index (χ4n) is 5.54. The van der Waals surface area contributed by atoms with Crippen LogP contribution in [0, 0.1) is 5.82 Å². The van der Waals surface area contributed by atoms with Crippen molar-refractivity contribution in [3.63, 3.8) is 0 Å². The van der Waals surface area contributed by atoms with Crippen molar-refractivity contribution in [1.82, 2.24) is 9.55 Å². The summed E-state index contributed by atoms with van der Waals surface area (Å²) in [5.74, 6) is 0.500. The maximum absolute atomic E-state index is 14.8. The zero-order valence-corrected chi connectivity index (χ0v) is 21.7. The van der Waals surface area contributed by atoms with Gasteiger partial charge in [0.05, 0.1) is 29.3 Å². The van der Waals surface area contributed by atoms with Crippen LogP contribution in [0.15, 0.2) is 40.9 Å². The van der Waals surface area contributed by atoms with Gasteiger partial charge in [0.15, 0.2) is 11.6 Å². The van der Waals surface area contributed by atoms with E-state index in [2.05, 4.69) is 26.6 Å². The molecule has 0 bridgehead atoms. The van der Waals surface area contributed by atoms with Crippen LogP contribution in [0.4, 0.5) is 10.1 Å². The summed E-state index contributed by atoms with van der Waals surface area (Å²) in [7, 11) is 0. The van der Waals surface area contributed by atoms with Crippen LogP contribution in [0.5, 0.6) is 5.75 Å². The summed E-state index contributed by atoms with van der Waals surface area (Å²) in [6.45, 7) is 4.08. The summed E-state index contributed by atoms with van der Waals surface area (Å²) in [6, 6.07) is 10.7. The molecule has 1 saturated carbocycles. The molecule has 2 heterocycles. The van der Waals surface area contributed by atoms with Crippen LogP contribution < -0.4 is 9.64 Å². The second-order valence-corrected chi connectivity index (χ2v) is 10.8. The number of anilines is 1. The van der Waals surface area contributed by atoms with Gasteiger partial charge in [-0.15, -0.1) is 0 Å². The molecule has 0 radical (unpaired) electrons. The van der Waals surface area contributed by atoms with Gasteiger partial charge in [-0.3, -0.25) is 4.79 Å². The number of piperidine rings is 1. The van der Waals surface area contributed by atoms with Gasteiger partial charge in [-0.25, -0.2) is 9.37 Å². The van der Waals surface area contributed by atoms with Crippen molar-refractivity contribution >= 4 is 38.6 Å². The molecule has 186 valence electrons. The lowest BCUT2D eigenvalue weighted by Gasteiger charge is -2.38. The van der Waals surface area contributed by atoms with Crippen molar-refractivity contribution < 1.29 is 19.0 Å². The number of imidazole rings is 1. The Hall–Kier alpha value is -2.45. The molecule has 2 aromatic carbocycles. The first kappa shape index (κ1) is 24.3. The van der Waals surface area contributed by atoms with E-state index in [0.717, 1.165) is 47.0 Å². The molecule has 3 aromatic rings. The van der Waals surface area contributed by atoms with E-state index in [4.69, 9.17) is 9.72 Å². The van der Waals surface area contributed by atoms with Gasteiger partial charge in [0.1, 0.15) is 5.82 Å². The number of fused-ring (bicyclic) bond motifs is 1. The van der Waals surface area contributed by atoms with E-state index in [9.17, 15) is 14.3 Å². The number of rotatable bonds is 5. The lowest BCUT2D eigenvalue weighted by molar-refractivity contribution is -0.120. The normalized spacial score (nSPS) is 25.3. The number of hydrogen-bond donors (Lipinski definition) is 1. The highest BCUT2D eigenvalue weighted by Gasteiger charge is 2.37. The van der Waals surface area contributed by atoms with E-state index in [0.29, 0.717) is 31.6 Å². The van der Waals surface area contributed by atoms with Crippen molar-refractivity contribution in [2.75, 3.05) is 11.5 Å². The van der Waals surface area contributed by atoms with Crippen LogP contribution in [-0.2, 0) is 4.79 Å². The summed E-state index contributed by atoms with van der Waals surface area (Å²) in [5.41, 5.74) is 1.75. The van der Waals surface area contributed by atoms with Crippen molar-refractivity contribution in [3.8, 4) is 5.75 Å². The Labute approximate surface area is 213 Å². The molecule has 8 heteroatoms. The maximum Gasteiger partial charge on any atom is 0.227 e. The fraction of sp³-hybridized carbons (Fsp3) is 0.481. The number of amides is 1. The number of hydrogen-bond acceptors (Lipinski definition) is 4. The third-order valence-electron chi connectivity index (χ3n) is 7.32. The molecule has 35 heavy (non-hydrogen) atoms. The van der Waals surface area contributed by atoms with Crippen molar-refractivity contribution in [1.29, 1.82) is 0 Å². The minimum atomic E-state index is -0.650. The molecule has 1 saturated heterocycles. The van der Waals surface area contributed by atoms with Crippen LogP contribution in [0.1, 0.15) is 76.7 Å². The molecule has 2 fully saturated rings. The molecule has 5 rings (SSSR count). The van der Waals surface area contributed by atoms with Crippen molar-refractivity contribution in [2.24, 2.45) is 0 Å². The number of nitrogens with zero attached hydrogens (tertiary/aromatic N) is 3. The van der Waals surface area contributed by atoms with Crippen LogP contribution in [0.3, 0.4) is 0 Å². The number of carbonyl (C=O) groups is 1. The average Bonchev–Trinajstić information content (AvgIpc) is 3.19. The molecule has 0 spiro atoms. The highest BCUT2D eigenvalue weighted by atomic mass is 79.9. The fourth-order valence-corrected chi connectivity index (χ4v) is 5.89. The molecular formula is C27H31BrFN3O3. The second kappa shape index (κ2) is 9.54. The molecular weight excluding hydrogens is 513 g/mol. The van der Waals surface area contributed by atoms with E-state index in [1.165, 1.54) is 6.07 Å². The first-order valence-electron chi connectivity index (χ1n) is 12.4. The summed E-state index contributed by atoms with van der Waals surface area (Å²) < 4.78 is 23.4. The van der Waals surface area contributed by atoms with E-state index < -0.39 is 11.4 Å². The Bertz CT molecular complexity index is 1250.